The number of nitrogens with zero attached hydrogens (tertiary/aromatic N) is 2. The number of aromatic amines is 1. The quantitative estimate of drug-likeness (QED) is 0.869. The van der Waals surface area contributed by atoms with Crippen molar-refractivity contribution < 1.29 is 4.74 Å². The van der Waals surface area contributed by atoms with Crippen LogP contribution in [0.2, 0.25) is 0 Å². The molecule has 2 aliphatic rings. The van der Waals surface area contributed by atoms with Crippen LogP contribution >= 0.6 is 0 Å². The third kappa shape index (κ3) is 2.47. The van der Waals surface area contributed by atoms with E-state index in [1.807, 2.05) is 0 Å². The number of H-pyrrole nitrogens is 1. The van der Waals surface area contributed by atoms with Crippen LogP contribution in [0.3, 0.4) is 0 Å². The highest BCUT2D eigenvalue weighted by Gasteiger charge is 2.28. The van der Waals surface area contributed by atoms with E-state index in [9.17, 15) is 4.79 Å². The van der Waals surface area contributed by atoms with E-state index in [-0.39, 0.29) is 11.7 Å². The van der Waals surface area contributed by atoms with Gasteiger partial charge in [-0.15, -0.1) is 0 Å². The van der Waals surface area contributed by atoms with E-state index in [1.54, 1.807) is 6.07 Å². The number of hydrogen-bond acceptors (Lipinski definition) is 4. The molecule has 3 rings (SSSR count). The van der Waals surface area contributed by atoms with Gasteiger partial charge in [-0.3, -0.25) is 9.69 Å². The van der Waals surface area contributed by atoms with Gasteiger partial charge < -0.3 is 9.72 Å². The zero-order valence-corrected chi connectivity index (χ0v) is 10.7. The van der Waals surface area contributed by atoms with Crippen molar-refractivity contribution in [2.75, 3.05) is 26.2 Å². The summed E-state index contributed by atoms with van der Waals surface area (Å²) in [6.45, 7) is 5.62. The number of morpholine rings is 1. The first-order valence-corrected chi connectivity index (χ1v) is 6.71. The van der Waals surface area contributed by atoms with Gasteiger partial charge in [0, 0.05) is 25.1 Å². The molecule has 1 unspecified atom stereocenters. The number of rotatable bonds is 3. The summed E-state index contributed by atoms with van der Waals surface area (Å²) in [5.74, 6) is 1.19. The first-order valence-electron chi connectivity index (χ1n) is 6.71. The molecule has 1 aliphatic carbocycles. The molecule has 1 aromatic rings. The molecular weight excluding hydrogens is 230 g/mol. The van der Waals surface area contributed by atoms with Crippen LogP contribution in [0.4, 0.5) is 0 Å². The second-order valence-electron chi connectivity index (χ2n) is 5.08. The average molecular weight is 249 g/mol. The van der Waals surface area contributed by atoms with E-state index in [4.69, 9.17) is 4.74 Å². The highest BCUT2D eigenvalue weighted by Crippen LogP contribution is 2.38. The summed E-state index contributed by atoms with van der Waals surface area (Å²) < 4.78 is 5.73. The first-order chi connectivity index (χ1) is 8.76. The average Bonchev–Trinajstić information content (AvgIpc) is 3.22. The van der Waals surface area contributed by atoms with Gasteiger partial charge in [0.05, 0.1) is 12.3 Å². The summed E-state index contributed by atoms with van der Waals surface area (Å²) in [7, 11) is 0. The van der Waals surface area contributed by atoms with E-state index in [0.717, 1.165) is 38.2 Å². The predicted molar refractivity (Wildman–Crippen MR) is 67.6 cm³/mol. The molecule has 5 heteroatoms. The smallest absolute Gasteiger partial charge is 0.251 e. The molecule has 1 saturated heterocycles. The molecule has 1 aliphatic heterocycles. The van der Waals surface area contributed by atoms with Crippen molar-refractivity contribution >= 4 is 0 Å². The summed E-state index contributed by atoms with van der Waals surface area (Å²) in [5.41, 5.74) is 0.880. The van der Waals surface area contributed by atoms with E-state index in [2.05, 4.69) is 21.8 Å². The van der Waals surface area contributed by atoms with Gasteiger partial charge in [-0.05, 0) is 19.4 Å². The van der Waals surface area contributed by atoms with Crippen molar-refractivity contribution in [1.82, 2.24) is 14.9 Å². The fourth-order valence-electron chi connectivity index (χ4n) is 2.39. The Balaban J connectivity index is 1.84. The summed E-state index contributed by atoms with van der Waals surface area (Å²) in [4.78, 5) is 21.4. The van der Waals surface area contributed by atoms with Gasteiger partial charge in [-0.25, -0.2) is 4.98 Å². The molecule has 0 spiro atoms. The molecule has 1 N–H and O–H groups in total. The molecule has 0 amide bonds. The van der Waals surface area contributed by atoms with Gasteiger partial charge in [0.2, 0.25) is 0 Å². The normalized spacial score (nSPS) is 25.3. The second kappa shape index (κ2) is 4.82. The van der Waals surface area contributed by atoms with Gasteiger partial charge in [0.25, 0.3) is 5.56 Å². The lowest BCUT2D eigenvalue weighted by Gasteiger charge is -2.31. The fraction of sp³-hybridized carbons (Fsp3) is 0.692. The van der Waals surface area contributed by atoms with Crippen molar-refractivity contribution in [2.45, 2.75) is 31.8 Å². The molecule has 1 saturated carbocycles. The Morgan fingerprint density at radius 2 is 2.39 bits per heavy atom. The van der Waals surface area contributed by atoms with Crippen LogP contribution in [-0.2, 0) is 4.74 Å². The molecule has 5 nitrogen and oxygen atoms in total. The minimum atomic E-state index is -0.0925. The van der Waals surface area contributed by atoms with Crippen LogP contribution in [0, 0.1) is 0 Å². The first kappa shape index (κ1) is 11.9. The van der Waals surface area contributed by atoms with Crippen molar-refractivity contribution in [3.63, 3.8) is 0 Å². The largest absolute Gasteiger partial charge is 0.368 e. The lowest BCUT2D eigenvalue weighted by Crippen LogP contribution is -2.39. The van der Waals surface area contributed by atoms with Crippen LogP contribution in [0.25, 0.3) is 0 Å². The van der Waals surface area contributed by atoms with Gasteiger partial charge in [-0.2, -0.15) is 0 Å². The number of aromatic nitrogens is 2. The maximum atomic E-state index is 11.7. The van der Waals surface area contributed by atoms with Gasteiger partial charge >= 0.3 is 0 Å². The van der Waals surface area contributed by atoms with Gasteiger partial charge in [-0.1, -0.05) is 6.92 Å². The number of ether oxygens (including phenoxy) is 1. The van der Waals surface area contributed by atoms with Crippen LogP contribution in [-0.4, -0.2) is 41.1 Å². The van der Waals surface area contributed by atoms with Crippen LogP contribution < -0.4 is 5.56 Å². The summed E-state index contributed by atoms with van der Waals surface area (Å²) in [6.07, 6.45) is 2.22. The number of likely N-dealkylation sites (N-methyl/N-ethyl adjacent to an activating group) is 1. The molecule has 0 radical (unpaired) electrons. The molecular formula is C13H19N3O2. The SMILES string of the molecule is CCN1CCOC(c2nc(C3CC3)cc(=O)[nH]2)C1. The monoisotopic (exact) mass is 249 g/mol. The molecule has 2 heterocycles. The lowest BCUT2D eigenvalue weighted by molar-refractivity contribution is -0.0327. The standard InChI is InChI=1S/C13H19N3O2/c1-2-16-5-6-18-11(8-16)13-14-10(9-3-4-9)7-12(17)15-13/h7,9,11H,2-6,8H2,1H3,(H,14,15,17). The van der Waals surface area contributed by atoms with Crippen LogP contribution in [0.15, 0.2) is 10.9 Å². The van der Waals surface area contributed by atoms with Gasteiger partial charge in [0.15, 0.2) is 0 Å². The molecule has 0 aromatic carbocycles. The molecule has 18 heavy (non-hydrogen) atoms. The van der Waals surface area contributed by atoms with Crippen molar-refractivity contribution in [3.05, 3.63) is 27.9 Å². The highest BCUT2D eigenvalue weighted by molar-refractivity contribution is 5.15. The Kier molecular flexibility index (Phi) is 3.18. The summed E-state index contributed by atoms with van der Waals surface area (Å²) in [6, 6.07) is 1.63. The third-order valence-corrected chi connectivity index (χ3v) is 3.68. The number of nitrogens with one attached hydrogen (secondary N) is 1. The fourth-order valence-corrected chi connectivity index (χ4v) is 2.39. The summed E-state index contributed by atoms with van der Waals surface area (Å²) >= 11 is 0. The van der Waals surface area contributed by atoms with E-state index < -0.39 is 0 Å². The van der Waals surface area contributed by atoms with Crippen LogP contribution in [0.1, 0.15) is 43.3 Å². The lowest BCUT2D eigenvalue weighted by atomic mass is 10.2. The zero-order valence-electron chi connectivity index (χ0n) is 10.7. The highest BCUT2D eigenvalue weighted by atomic mass is 16.5. The topological polar surface area (TPSA) is 58.2 Å². The predicted octanol–water partition coefficient (Wildman–Crippen LogP) is 1.04. The minimum absolute atomic E-state index is 0.0564. The zero-order chi connectivity index (χ0) is 12.5. The Bertz CT molecular complexity index is 481. The van der Waals surface area contributed by atoms with E-state index in [0.29, 0.717) is 18.3 Å². The molecule has 2 fully saturated rings. The molecule has 98 valence electrons. The third-order valence-electron chi connectivity index (χ3n) is 3.68. The molecule has 1 aromatic heterocycles. The Labute approximate surface area is 106 Å². The van der Waals surface area contributed by atoms with E-state index >= 15 is 0 Å². The molecule has 1 atom stereocenters. The maximum Gasteiger partial charge on any atom is 0.251 e. The maximum absolute atomic E-state index is 11.7. The Hall–Kier alpha value is -1.20. The van der Waals surface area contributed by atoms with Crippen LogP contribution in [0.5, 0.6) is 0 Å². The van der Waals surface area contributed by atoms with E-state index in [1.165, 1.54) is 0 Å². The summed E-state index contributed by atoms with van der Waals surface area (Å²) in [5, 5.41) is 0. The van der Waals surface area contributed by atoms with Gasteiger partial charge in [0.1, 0.15) is 11.9 Å². The van der Waals surface area contributed by atoms with Crippen molar-refractivity contribution in [3.8, 4) is 0 Å². The van der Waals surface area contributed by atoms with Crippen molar-refractivity contribution in [1.29, 1.82) is 0 Å². The van der Waals surface area contributed by atoms with Crippen molar-refractivity contribution in [2.24, 2.45) is 0 Å². The molecule has 0 bridgehead atoms. The second-order valence-corrected chi connectivity index (χ2v) is 5.08. The Morgan fingerprint density at radius 1 is 1.56 bits per heavy atom. The number of hydrogen-bond donors (Lipinski definition) is 1. The Morgan fingerprint density at radius 3 is 3.11 bits per heavy atom. The minimum Gasteiger partial charge on any atom is -0.368 e.